The molecule has 1 aromatic heterocycles. The molecule has 2 atom stereocenters. The minimum Gasteiger partial charge on any atom is -0.445 e. The van der Waals surface area contributed by atoms with Crippen LogP contribution in [0.3, 0.4) is 0 Å². The molecule has 1 aliphatic heterocycles. The van der Waals surface area contributed by atoms with Gasteiger partial charge in [0.1, 0.15) is 18.3 Å². The highest BCUT2D eigenvalue weighted by Crippen LogP contribution is 2.39. The fourth-order valence-electron chi connectivity index (χ4n) is 4.11. The number of hydrogen-bond donors (Lipinski definition) is 1. The molecule has 33 heavy (non-hydrogen) atoms. The molecular weight excluding hydrogens is 416 g/mol. The maximum absolute atomic E-state index is 12.9. The first-order valence-electron chi connectivity index (χ1n) is 11.0. The van der Waals surface area contributed by atoms with Crippen LogP contribution in [0.4, 0.5) is 4.79 Å². The molecule has 1 fully saturated rings. The van der Waals surface area contributed by atoms with E-state index < -0.39 is 18.2 Å². The summed E-state index contributed by atoms with van der Waals surface area (Å²) in [7, 11) is 0. The van der Waals surface area contributed by atoms with Crippen LogP contribution in [0.15, 0.2) is 95.4 Å². The van der Waals surface area contributed by atoms with Gasteiger partial charge in [0.2, 0.25) is 5.89 Å². The van der Waals surface area contributed by atoms with Crippen molar-refractivity contribution in [2.75, 3.05) is 6.54 Å². The first-order chi connectivity index (χ1) is 16.2. The van der Waals surface area contributed by atoms with Crippen molar-refractivity contribution in [3.63, 3.8) is 0 Å². The highest BCUT2D eigenvalue weighted by atomic mass is 16.6. The first-order valence-corrected chi connectivity index (χ1v) is 11.0. The Morgan fingerprint density at radius 3 is 2.21 bits per heavy atom. The van der Waals surface area contributed by atoms with Crippen LogP contribution in [0.25, 0.3) is 22.6 Å². The molecule has 4 aromatic rings. The predicted octanol–water partition coefficient (Wildman–Crippen LogP) is 5.45. The van der Waals surface area contributed by atoms with Gasteiger partial charge < -0.3 is 14.3 Å². The summed E-state index contributed by atoms with van der Waals surface area (Å²) in [5, 5.41) is 10.4. The Morgan fingerprint density at radius 1 is 0.939 bits per heavy atom. The van der Waals surface area contributed by atoms with Crippen molar-refractivity contribution in [2.45, 2.75) is 25.2 Å². The number of hydrogen-bond acceptors (Lipinski definition) is 5. The van der Waals surface area contributed by atoms with E-state index in [1.165, 1.54) is 4.90 Å². The number of aliphatic hydroxyl groups excluding tert-OH is 1. The van der Waals surface area contributed by atoms with Gasteiger partial charge in [-0.3, -0.25) is 4.90 Å². The molecule has 0 radical (unpaired) electrons. The van der Waals surface area contributed by atoms with Gasteiger partial charge in [-0.25, -0.2) is 9.78 Å². The Kier molecular flexibility index (Phi) is 5.91. The van der Waals surface area contributed by atoms with E-state index in [1.807, 2.05) is 91.0 Å². The zero-order chi connectivity index (χ0) is 22.6. The highest BCUT2D eigenvalue weighted by molar-refractivity contribution is 5.77. The number of nitrogens with zero attached hydrogens (tertiary/aromatic N) is 2. The minimum absolute atomic E-state index is 0.162. The molecule has 1 saturated heterocycles. The van der Waals surface area contributed by atoms with E-state index in [9.17, 15) is 9.90 Å². The maximum Gasteiger partial charge on any atom is 0.410 e. The Balaban J connectivity index is 1.45. The van der Waals surface area contributed by atoms with Crippen molar-refractivity contribution < 1.29 is 19.1 Å². The number of likely N-dealkylation sites (tertiary alicyclic amines) is 1. The summed E-state index contributed by atoms with van der Waals surface area (Å²) in [6, 6.07) is 28.6. The Bertz CT molecular complexity index is 1150. The van der Waals surface area contributed by atoms with Crippen LogP contribution in [0.5, 0.6) is 0 Å². The van der Waals surface area contributed by atoms with E-state index in [2.05, 4.69) is 0 Å². The number of aliphatic hydroxyl groups is 1. The third-order valence-corrected chi connectivity index (χ3v) is 5.73. The van der Waals surface area contributed by atoms with Gasteiger partial charge >= 0.3 is 6.09 Å². The monoisotopic (exact) mass is 440 g/mol. The molecular formula is C27H24N2O4. The van der Waals surface area contributed by atoms with Crippen molar-refractivity contribution in [1.29, 1.82) is 0 Å². The molecule has 0 spiro atoms. The topological polar surface area (TPSA) is 75.8 Å². The normalized spacial score (nSPS) is 17.8. The minimum atomic E-state index is -0.675. The zero-order valence-corrected chi connectivity index (χ0v) is 18.0. The van der Waals surface area contributed by atoms with Crippen molar-refractivity contribution in [2.24, 2.45) is 0 Å². The van der Waals surface area contributed by atoms with Crippen LogP contribution in [0, 0.1) is 0 Å². The molecule has 1 amide bonds. The fourth-order valence-corrected chi connectivity index (χ4v) is 4.11. The van der Waals surface area contributed by atoms with Crippen LogP contribution in [-0.2, 0) is 11.3 Å². The summed E-state index contributed by atoms with van der Waals surface area (Å²) >= 11 is 0. The lowest BCUT2D eigenvalue weighted by molar-refractivity contribution is 0.0842. The number of amides is 1. The van der Waals surface area contributed by atoms with Crippen LogP contribution >= 0.6 is 0 Å². The number of β-amino-alcohol motifs (C(OH)–C–C–N with tert-alkyl or cyclic N) is 1. The molecule has 1 aliphatic rings. The molecule has 6 heteroatoms. The van der Waals surface area contributed by atoms with Gasteiger partial charge in [0.25, 0.3) is 0 Å². The van der Waals surface area contributed by atoms with Crippen molar-refractivity contribution in [3.8, 4) is 22.6 Å². The van der Waals surface area contributed by atoms with Gasteiger partial charge in [-0.05, 0) is 5.56 Å². The van der Waals surface area contributed by atoms with Crippen LogP contribution < -0.4 is 0 Å². The van der Waals surface area contributed by atoms with Gasteiger partial charge in [-0.15, -0.1) is 0 Å². The molecule has 1 N–H and O–H groups in total. The zero-order valence-electron chi connectivity index (χ0n) is 18.0. The summed E-state index contributed by atoms with van der Waals surface area (Å²) in [5.74, 6) is 1.02. The molecule has 2 heterocycles. The van der Waals surface area contributed by atoms with Gasteiger partial charge in [-0.2, -0.15) is 0 Å². The molecule has 0 saturated carbocycles. The Morgan fingerprint density at radius 2 is 1.55 bits per heavy atom. The maximum atomic E-state index is 12.9. The molecule has 5 rings (SSSR count). The average Bonchev–Trinajstić information content (AvgIpc) is 3.48. The number of ether oxygens (including phenoxy) is 1. The van der Waals surface area contributed by atoms with E-state index in [-0.39, 0.29) is 13.2 Å². The number of rotatable bonds is 5. The first kappa shape index (κ1) is 21.0. The van der Waals surface area contributed by atoms with Crippen LogP contribution in [-0.4, -0.2) is 33.7 Å². The third-order valence-electron chi connectivity index (χ3n) is 5.73. The second-order valence-corrected chi connectivity index (χ2v) is 8.06. The second kappa shape index (κ2) is 9.30. The summed E-state index contributed by atoms with van der Waals surface area (Å²) < 4.78 is 11.8. The molecule has 0 unspecified atom stereocenters. The van der Waals surface area contributed by atoms with Gasteiger partial charge in [0.15, 0.2) is 5.76 Å². The predicted molar refractivity (Wildman–Crippen MR) is 124 cm³/mol. The second-order valence-electron chi connectivity index (χ2n) is 8.06. The Hall–Kier alpha value is -3.90. The fraction of sp³-hybridized carbons (Fsp3) is 0.185. The summed E-state index contributed by atoms with van der Waals surface area (Å²) in [6.45, 7) is 0.330. The number of oxazole rings is 1. The largest absolute Gasteiger partial charge is 0.445 e. The van der Waals surface area contributed by atoms with Crippen molar-refractivity contribution in [3.05, 3.63) is 102 Å². The molecule has 0 bridgehead atoms. The van der Waals surface area contributed by atoms with E-state index >= 15 is 0 Å². The third kappa shape index (κ3) is 4.52. The summed E-state index contributed by atoms with van der Waals surface area (Å²) in [6.07, 6.45) is -0.837. The number of aromatic nitrogens is 1. The molecule has 166 valence electrons. The highest BCUT2D eigenvalue weighted by Gasteiger charge is 2.40. The standard InChI is InChI=1S/C27H24N2O4/c30-22-16-23(29(17-22)27(31)32-18-19-10-4-1-5-11-19)26-28-24(20-12-6-2-7-13-20)25(33-26)21-14-8-3-9-15-21/h1-15,22-23,30H,16-18H2/t22-,23+/m0/s1. The summed E-state index contributed by atoms with van der Waals surface area (Å²) in [4.78, 5) is 19.2. The smallest absolute Gasteiger partial charge is 0.410 e. The molecule has 3 aromatic carbocycles. The lowest BCUT2D eigenvalue weighted by Gasteiger charge is -2.21. The van der Waals surface area contributed by atoms with E-state index in [0.29, 0.717) is 23.8 Å². The molecule has 6 nitrogen and oxygen atoms in total. The number of carbonyl (C=O) groups is 1. The quantitative estimate of drug-likeness (QED) is 0.446. The summed E-state index contributed by atoms with van der Waals surface area (Å²) in [5.41, 5.74) is 3.42. The van der Waals surface area contributed by atoms with Gasteiger partial charge in [-0.1, -0.05) is 91.0 Å². The van der Waals surface area contributed by atoms with E-state index in [1.54, 1.807) is 0 Å². The van der Waals surface area contributed by atoms with Crippen molar-refractivity contribution >= 4 is 6.09 Å². The van der Waals surface area contributed by atoms with E-state index in [0.717, 1.165) is 16.7 Å². The number of benzene rings is 3. The van der Waals surface area contributed by atoms with E-state index in [4.69, 9.17) is 14.1 Å². The lowest BCUT2D eigenvalue weighted by Crippen LogP contribution is -2.32. The average molecular weight is 440 g/mol. The SMILES string of the molecule is O=C(OCc1ccccc1)N1C[C@@H](O)C[C@@H]1c1nc(-c2ccccc2)c(-c2ccccc2)o1. The lowest BCUT2D eigenvalue weighted by atomic mass is 10.1. The van der Waals surface area contributed by atoms with Crippen LogP contribution in [0.2, 0.25) is 0 Å². The Labute approximate surface area is 192 Å². The van der Waals surface area contributed by atoms with Gasteiger partial charge in [0.05, 0.1) is 12.6 Å². The number of carbonyl (C=O) groups excluding carboxylic acids is 1. The van der Waals surface area contributed by atoms with Gasteiger partial charge in [0, 0.05) is 17.5 Å². The molecule has 0 aliphatic carbocycles. The van der Waals surface area contributed by atoms with Crippen LogP contribution in [0.1, 0.15) is 23.9 Å². The van der Waals surface area contributed by atoms with Crippen molar-refractivity contribution in [1.82, 2.24) is 9.88 Å².